The van der Waals surface area contributed by atoms with Crippen molar-refractivity contribution in [1.29, 1.82) is 0 Å². The molecule has 3 aromatic carbocycles. The smallest absolute Gasteiger partial charge is 0.166 e. The zero-order valence-electron chi connectivity index (χ0n) is 19.3. The molecule has 0 saturated heterocycles. The monoisotopic (exact) mass is 466 g/mol. The van der Waals surface area contributed by atoms with Crippen LogP contribution in [0.2, 0.25) is 0 Å². The minimum atomic E-state index is -0.815. The molecule has 0 fully saturated rings. The molecule has 0 aromatic heterocycles. The van der Waals surface area contributed by atoms with Gasteiger partial charge in [0.2, 0.25) is 0 Å². The van der Waals surface area contributed by atoms with Crippen molar-refractivity contribution in [3.63, 3.8) is 0 Å². The largest absolute Gasteiger partial charge is 0.393 e. The number of hydrogen-bond acceptors (Lipinski definition) is 2. The first-order valence-corrected chi connectivity index (χ1v) is 11.8. The molecule has 1 aliphatic rings. The van der Waals surface area contributed by atoms with Gasteiger partial charge in [-0.1, -0.05) is 54.6 Å². The molecule has 1 atom stereocenters. The Morgan fingerprint density at radius 3 is 2.29 bits per heavy atom. The van der Waals surface area contributed by atoms with Gasteiger partial charge in [-0.3, -0.25) is 0 Å². The number of rotatable bonds is 8. The van der Waals surface area contributed by atoms with Crippen LogP contribution in [0.1, 0.15) is 48.4 Å². The van der Waals surface area contributed by atoms with Crippen LogP contribution in [-0.4, -0.2) is 17.8 Å². The Balaban J connectivity index is 1.42. The van der Waals surface area contributed by atoms with Crippen molar-refractivity contribution in [3.05, 3.63) is 100 Å². The molecule has 1 aliphatic carbocycles. The Morgan fingerprint density at radius 2 is 1.62 bits per heavy atom. The number of allylic oxidation sites excluding steroid dienone is 1. The molecule has 4 rings (SSSR count). The first-order chi connectivity index (χ1) is 16.5. The van der Waals surface area contributed by atoms with E-state index in [1.54, 1.807) is 24.3 Å². The van der Waals surface area contributed by atoms with E-state index in [9.17, 15) is 18.3 Å². The fraction of sp³-hybridized carbons (Fsp3) is 0.310. The first-order valence-electron chi connectivity index (χ1n) is 11.8. The summed E-state index contributed by atoms with van der Waals surface area (Å²) < 4.78 is 49.1. The van der Waals surface area contributed by atoms with E-state index in [1.165, 1.54) is 6.07 Å². The number of hydrogen-bond donors (Lipinski definition) is 1. The fourth-order valence-corrected chi connectivity index (χ4v) is 4.29. The van der Waals surface area contributed by atoms with Crippen molar-refractivity contribution in [2.45, 2.75) is 51.7 Å². The lowest BCUT2D eigenvalue weighted by Crippen LogP contribution is -2.11. The van der Waals surface area contributed by atoms with Gasteiger partial charge in [0.15, 0.2) is 11.6 Å². The summed E-state index contributed by atoms with van der Waals surface area (Å²) in [5.41, 5.74) is 4.57. The van der Waals surface area contributed by atoms with E-state index < -0.39 is 17.7 Å². The van der Waals surface area contributed by atoms with Crippen LogP contribution in [0.5, 0.6) is 0 Å². The lowest BCUT2D eigenvalue weighted by Gasteiger charge is -2.18. The number of halogens is 3. The molecule has 0 heterocycles. The number of aryl methyl sites for hydroxylation is 2. The van der Waals surface area contributed by atoms with Crippen molar-refractivity contribution < 1.29 is 23.0 Å². The summed E-state index contributed by atoms with van der Waals surface area (Å²) in [6.07, 6.45) is 3.91. The van der Waals surface area contributed by atoms with E-state index in [-0.39, 0.29) is 18.0 Å². The predicted molar refractivity (Wildman–Crippen MR) is 129 cm³/mol. The van der Waals surface area contributed by atoms with Crippen LogP contribution in [0.4, 0.5) is 13.2 Å². The lowest BCUT2D eigenvalue weighted by atomic mass is 9.90. The summed E-state index contributed by atoms with van der Waals surface area (Å²) in [4.78, 5) is 0. The molecule has 3 aromatic rings. The third-order valence-electron chi connectivity index (χ3n) is 6.38. The van der Waals surface area contributed by atoms with E-state index in [0.29, 0.717) is 49.8 Å². The third-order valence-corrected chi connectivity index (χ3v) is 6.38. The van der Waals surface area contributed by atoms with E-state index in [1.807, 2.05) is 37.3 Å². The van der Waals surface area contributed by atoms with Crippen LogP contribution in [0.15, 0.2) is 60.7 Å². The molecule has 0 spiro atoms. The molecular weight excluding hydrogens is 437 g/mol. The summed E-state index contributed by atoms with van der Waals surface area (Å²) in [6.45, 7) is 2.66. The quantitative estimate of drug-likeness (QED) is 0.387. The topological polar surface area (TPSA) is 29.5 Å². The van der Waals surface area contributed by atoms with Gasteiger partial charge in [-0.2, -0.15) is 0 Å². The van der Waals surface area contributed by atoms with E-state index in [0.717, 1.165) is 22.3 Å². The van der Waals surface area contributed by atoms with Crippen molar-refractivity contribution in [2.75, 3.05) is 6.61 Å². The second-order valence-electron chi connectivity index (χ2n) is 8.70. The van der Waals surface area contributed by atoms with Gasteiger partial charge >= 0.3 is 0 Å². The predicted octanol–water partition coefficient (Wildman–Crippen LogP) is 7.02. The average molecular weight is 467 g/mol. The highest BCUT2D eigenvalue weighted by Crippen LogP contribution is 2.31. The van der Waals surface area contributed by atoms with Crippen molar-refractivity contribution in [1.82, 2.24) is 0 Å². The maximum atomic E-state index is 14.7. The normalized spacial score (nSPS) is 15.9. The van der Waals surface area contributed by atoms with Gasteiger partial charge in [-0.05, 0) is 72.9 Å². The van der Waals surface area contributed by atoms with Gasteiger partial charge in [0.1, 0.15) is 5.82 Å². The number of aliphatic hydroxyl groups excluding tert-OH is 1. The second-order valence-corrected chi connectivity index (χ2v) is 8.70. The molecule has 0 bridgehead atoms. The summed E-state index contributed by atoms with van der Waals surface area (Å²) in [5, 5.41) is 9.62. The van der Waals surface area contributed by atoms with Gasteiger partial charge in [-0.15, -0.1) is 0 Å². The summed E-state index contributed by atoms with van der Waals surface area (Å²) >= 11 is 0. The summed E-state index contributed by atoms with van der Waals surface area (Å²) in [5.74, 6) is -1.91. The van der Waals surface area contributed by atoms with Crippen molar-refractivity contribution in [2.24, 2.45) is 0 Å². The Kier molecular flexibility index (Phi) is 7.86. The van der Waals surface area contributed by atoms with E-state index in [4.69, 9.17) is 4.74 Å². The Morgan fingerprint density at radius 1 is 0.882 bits per heavy atom. The molecule has 1 N–H and O–H groups in total. The molecule has 0 saturated carbocycles. The summed E-state index contributed by atoms with van der Waals surface area (Å²) in [7, 11) is 0. The third kappa shape index (κ3) is 5.60. The van der Waals surface area contributed by atoms with Crippen LogP contribution in [0.3, 0.4) is 0 Å². The van der Waals surface area contributed by atoms with Crippen LogP contribution in [-0.2, 0) is 24.2 Å². The van der Waals surface area contributed by atoms with Crippen LogP contribution in [0.25, 0.3) is 16.7 Å². The van der Waals surface area contributed by atoms with Gasteiger partial charge < -0.3 is 9.84 Å². The molecule has 34 heavy (non-hydrogen) atoms. The Bertz CT molecular complexity index is 1170. The lowest BCUT2D eigenvalue weighted by molar-refractivity contribution is 0.131. The van der Waals surface area contributed by atoms with Gasteiger partial charge in [0.05, 0.1) is 12.7 Å². The Labute approximate surface area is 198 Å². The average Bonchev–Trinajstić information content (AvgIpc) is 2.85. The number of aliphatic hydroxyl groups is 1. The van der Waals surface area contributed by atoms with Gasteiger partial charge in [-0.25, -0.2) is 13.2 Å². The van der Waals surface area contributed by atoms with E-state index in [2.05, 4.69) is 0 Å². The van der Waals surface area contributed by atoms with Crippen LogP contribution < -0.4 is 0 Å². The van der Waals surface area contributed by atoms with Gasteiger partial charge in [0, 0.05) is 17.7 Å². The maximum absolute atomic E-state index is 14.7. The minimum Gasteiger partial charge on any atom is -0.393 e. The zero-order valence-corrected chi connectivity index (χ0v) is 19.3. The SMILES string of the molecule is CCOCc1ccc(-c2ccc(CCc3ccc(C4=CCC(O)CC4)c(F)c3F)cc2)cc1F. The highest BCUT2D eigenvalue weighted by Gasteiger charge is 2.19. The molecule has 0 amide bonds. The first kappa shape index (κ1) is 24.2. The van der Waals surface area contributed by atoms with Crippen molar-refractivity contribution >= 4 is 5.57 Å². The molecule has 0 radical (unpaired) electrons. The molecule has 1 unspecified atom stereocenters. The van der Waals surface area contributed by atoms with Crippen LogP contribution >= 0.6 is 0 Å². The highest BCUT2D eigenvalue weighted by molar-refractivity contribution is 5.67. The Hall–Kier alpha value is -2.89. The second kappa shape index (κ2) is 11.0. The molecule has 2 nitrogen and oxygen atoms in total. The van der Waals surface area contributed by atoms with Gasteiger partial charge in [0.25, 0.3) is 0 Å². The minimum absolute atomic E-state index is 0.250. The number of benzene rings is 3. The fourth-order valence-electron chi connectivity index (χ4n) is 4.29. The highest BCUT2D eigenvalue weighted by atomic mass is 19.2. The van der Waals surface area contributed by atoms with E-state index >= 15 is 0 Å². The molecule has 5 heteroatoms. The molecule has 178 valence electrons. The molecular formula is C29H29F3O2. The number of ether oxygens (including phenoxy) is 1. The van der Waals surface area contributed by atoms with Crippen molar-refractivity contribution in [3.8, 4) is 11.1 Å². The maximum Gasteiger partial charge on any atom is 0.166 e. The molecule has 0 aliphatic heterocycles. The zero-order chi connectivity index (χ0) is 24.1. The van der Waals surface area contributed by atoms with Crippen LogP contribution in [0, 0.1) is 17.5 Å². The summed E-state index contributed by atoms with van der Waals surface area (Å²) in [6, 6.07) is 16.1. The standard InChI is InChI=1S/C29H29F3O2/c1-2-34-18-24-10-9-23(17-27(24)30)20-6-3-19(4-7-20)5-8-22-13-16-26(29(32)28(22)31)21-11-14-25(33)15-12-21/h3-4,6-7,9-11,13,16-17,25,33H,2,5,8,12,14-15,18H2,1H3.